The van der Waals surface area contributed by atoms with E-state index in [0.29, 0.717) is 29.4 Å². The number of carbonyl (C=O) groups is 1. The maximum atomic E-state index is 13.1. The molecule has 3 aromatic carbocycles. The molecule has 0 spiro atoms. The minimum atomic E-state index is -3.88. The van der Waals surface area contributed by atoms with Crippen LogP contribution in [0.5, 0.6) is 11.5 Å². The third-order valence-corrected chi connectivity index (χ3v) is 7.15. The monoisotopic (exact) mass is 466 g/mol. The van der Waals surface area contributed by atoms with Crippen LogP contribution in [-0.4, -0.2) is 33.6 Å². The van der Waals surface area contributed by atoms with Crippen LogP contribution in [0.1, 0.15) is 27.0 Å². The number of hydrogen-bond donors (Lipinski definition) is 2. The number of carbonyl (C=O) groups excluding carboxylic acids is 1. The van der Waals surface area contributed by atoms with Gasteiger partial charge in [0, 0.05) is 5.56 Å². The Hall–Kier alpha value is -3.52. The SMILES string of the molecule is Cc1ccc(C(=O)NC[C@H]2COc3ccccc3O2)cc1S(=O)(=O)Nc1cccc(C)c1C. The Kier molecular flexibility index (Phi) is 6.29. The number of ether oxygens (including phenoxy) is 2. The molecule has 172 valence electrons. The average Bonchev–Trinajstić information content (AvgIpc) is 2.80. The highest BCUT2D eigenvalue weighted by Crippen LogP contribution is 2.30. The van der Waals surface area contributed by atoms with E-state index in [2.05, 4.69) is 10.0 Å². The van der Waals surface area contributed by atoms with Crippen molar-refractivity contribution in [1.29, 1.82) is 0 Å². The first kappa shape index (κ1) is 22.7. The lowest BCUT2D eigenvalue weighted by atomic mass is 10.1. The highest BCUT2D eigenvalue weighted by atomic mass is 32.2. The molecule has 8 heteroatoms. The summed E-state index contributed by atoms with van der Waals surface area (Å²) >= 11 is 0. The number of aryl methyl sites for hydroxylation is 2. The first-order valence-corrected chi connectivity index (χ1v) is 12.1. The fraction of sp³-hybridized carbons (Fsp3) is 0.240. The molecule has 0 aliphatic carbocycles. The number of fused-ring (bicyclic) bond motifs is 1. The number of nitrogens with one attached hydrogen (secondary N) is 2. The molecule has 0 aromatic heterocycles. The lowest BCUT2D eigenvalue weighted by molar-refractivity contribution is 0.0789. The lowest BCUT2D eigenvalue weighted by Gasteiger charge is -2.26. The molecule has 0 unspecified atom stereocenters. The van der Waals surface area contributed by atoms with Gasteiger partial charge in [0.15, 0.2) is 11.5 Å². The molecule has 33 heavy (non-hydrogen) atoms. The van der Waals surface area contributed by atoms with E-state index in [1.54, 1.807) is 31.2 Å². The summed E-state index contributed by atoms with van der Waals surface area (Å²) in [6, 6.07) is 17.4. The van der Waals surface area contributed by atoms with Crippen molar-refractivity contribution >= 4 is 21.6 Å². The third kappa shape index (κ3) is 4.96. The molecule has 1 heterocycles. The second-order valence-electron chi connectivity index (χ2n) is 8.04. The van der Waals surface area contributed by atoms with Gasteiger partial charge in [-0.05, 0) is 67.8 Å². The maximum Gasteiger partial charge on any atom is 0.262 e. The van der Waals surface area contributed by atoms with E-state index in [-0.39, 0.29) is 29.0 Å². The molecule has 2 N–H and O–H groups in total. The zero-order valence-electron chi connectivity index (χ0n) is 18.7. The molecule has 0 saturated carbocycles. The topological polar surface area (TPSA) is 93.7 Å². The number of para-hydroxylation sites is 2. The zero-order chi connectivity index (χ0) is 23.6. The minimum Gasteiger partial charge on any atom is -0.486 e. The van der Waals surface area contributed by atoms with Crippen molar-refractivity contribution in [2.45, 2.75) is 31.8 Å². The summed E-state index contributed by atoms with van der Waals surface area (Å²) in [5.41, 5.74) is 3.14. The first-order chi connectivity index (χ1) is 15.7. The molecule has 0 radical (unpaired) electrons. The zero-order valence-corrected chi connectivity index (χ0v) is 19.5. The summed E-state index contributed by atoms with van der Waals surface area (Å²) in [5, 5.41) is 2.80. The van der Waals surface area contributed by atoms with Crippen LogP contribution in [0.4, 0.5) is 5.69 Å². The van der Waals surface area contributed by atoms with Crippen molar-refractivity contribution in [1.82, 2.24) is 5.32 Å². The van der Waals surface area contributed by atoms with E-state index in [1.165, 1.54) is 6.07 Å². The molecule has 4 rings (SSSR count). The number of rotatable bonds is 6. The lowest BCUT2D eigenvalue weighted by Crippen LogP contribution is -2.40. The van der Waals surface area contributed by atoms with Crippen LogP contribution in [-0.2, 0) is 10.0 Å². The fourth-order valence-electron chi connectivity index (χ4n) is 3.56. The molecule has 0 saturated heterocycles. The van der Waals surface area contributed by atoms with Crippen LogP contribution in [0.2, 0.25) is 0 Å². The van der Waals surface area contributed by atoms with Gasteiger partial charge in [0.2, 0.25) is 0 Å². The van der Waals surface area contributed by atoms with Gasteiger partial charge in [0.25, 0.3) is 15.9 Å². The largest absolute Gasteiger partial charge is 0.486 e. The maximum absolute atomic E-state index is 13.1. The number of anilines is 1. The van der Waals surface area contributed by atoms with Crippen molar-refractivity contribution in [3.63, 3.8) is 0 Å². The Morgan fingerprint density at radius 1 is 0.970 bits per heavy atom. The highest BCUT2D eigenvalue weighted by Gasteiger charge is 2.23. The molecule has 7 nitrogen and oxygen atoms in total. The Balaban J connectivity index is 1.47. The van der Waals surface area contributed by atoms with Gasteiger partial charge in [-0.15, -0.1) is 0 Å². The van der Waals surface area contributed by atoms with Gasteiger partial charge >= 0.3 is 0 Å². The Labute approximate surface area is 193 Å². The van der Waals surface area contributed by atoms with E-state index in [1.807, 2.05) is 44.2 Å². The van der Waals surface area contributed by atoms with Gasteiger partial charge in [-0.1, -0.05) is 30.3 Å². The number of benzene rings is 3. The van der Waals surface area contributed by atoms with Gasteiger partial charge in [-0.3, -0.25) is 9.52 Å². The third-order valence-electron chi connectivity index (χ3n) is 5.65. The summed E-state index contributed by atoms with van der Waals surface area (Å²) < 4.78 is 40.4. The predicted molar refractivity (Wildman–Crippen MR) is 127 cm³/mol. The van der Waals surface area contributed by atoms with Crippen molar-refractivity contribution in [3.8, 4) is 11.5 Å². The van der Waals surface area contributed by atoms with Gasteiger partial charge in [-0.2, -0.15) is 0 Å². The molecule has 1 aliphatic rings. The molecule has 3 aromatic rings. The smallest absolute Gasteiger partial charge is 0.262 e. The Bertz CT molecular complexity index is 1300. The molecule has 0 bridgehead atoms. The van der Waals surface area contributed by atoms with Crippen LogP contribution in [0.3, 0.4) is 0 Å². The molecular weight excluding hydrogens is 440 g/mol. The normalized spacial score (nSPS) is 15.1. The van der Waals surface area contributed by atoms with Crippen molar-refractivity contribution in [2.24, 2.45) is 0 Å². The Morgan fingerprint density at radius 2 is 1.73 bits per heavy atom. The quantitative estimate of drug-likeness (QED) is 0.573. The van der Waals surface area contributed by atoms with Crippen LogP contribution in [0.15, 0.2) is 65.6 Å². The first-order valence-electron chi connectivity index (χ1n) is 10.6. The highest BCUT2D eigenvalue weighted by molar-refractivity contribution is 7.92. The van der Waals surface area contributed by atoms with E-state index in [4.69, 9.17) is 9.47 Å². The second kappa shape index (κ2) is 9.15. The predicted octanol–water partition coefficient (Wildman–Crippen LogP) is 3.98. The van der Waals surface area contributed by atoms with Gasteiger partial charge in [0.1, 0.15) is 12.7 Å². The van der Waals surface area contributed by atoms with E-state index in [0.717, 1.165) is 11.1 Å². The van der Waals surface area contributed by atoms with Crippen molar-refractivity contribution < 1.29 is 22.7 Å². The molecule has 1 amide bonds. The van der Waals surface area contributed by atoms with Gasteiger partial charge < -0.3 is 14.8 Å². The van der Waals surface area contributed by atoms with Crippen LogP contribution >= 0.6 is 0 Å². The summed E-state index contributed by atoms with van der Waals surface area (Å²) in [4.78, 5) is 12.8. The summed E-state index contributed by atoms with van der Waals surface area (Å²) in [6.07, 6.45) is -0.344. The summed E-state index contributed by atoms with van der Waals surface area (Å²) in [7, 11) is -3.88. The fourth-order valence-corrected chi connectivity index (χ4v) is 4.96. The van der Waals surface area contributed by atoms with Crippen LogP contribution < -0.4 is 19.5 Å². The minimum absolute atomic E-state index is 0.0576. The molecule has 0 fully saturated rings. The van der Waals surface area contributed by atoms with E-state index < -0.39 is 10.0 Å². The number of sulfonamides is 1. The summed E-state index contributed by atoms with van der Waals surface area (Å²) in [5.74, 6) is 0.912. The van der Waals surface area contributed by atoms with Crippen molar-refractivity contribution in [2.75, 3.05) is 17.9 Å². The van der Waals surface area contributed by atoms with E-state index in [9.17, 15) is 13.2 Å². The van der Waals surface area contributed by atoms with Crippen LogP contribution in [0, 0.1) is 20.8 Å². The van der Waals surface area contributed by atoms with Gasteiger partial charge in [-0.25, -0.2) is 8.42 Å². The number of hydrogen-bond acceptors (Lipinski definition) is 5. The summed E-state index contributed by atoms with van der Waals surface area (Å²) in [6.45, 7) is 6.01. The second-order valence-corrected chi connectivity index (χ2v) is 9.69. The molecular formula is C25H26N2O5S. The average molecular weight is 467 g/mol. The standard InChI is InChI=1S/C25H26N2O5S/c1-16-7-6-8-21(18(16)3)27-33(29,30)24-13-19(12-11-17(24)2)25(28)26-14-20-15-31-22-9-4-5-10-23(22)32-20/h4-13,20,27H,14-15H2,1-3H3,(H,26,28)/t20-/m0/s1. The molecule has 1 atom stereocenters. The van der Waals surface area contributed by atoms with E-state index >= 15 is 0 Å². The number of amides is 1. The molecule has 1 aliphatic heterocycles. The van der Waals surface area contributed by atoms with Crippen molar-refractivity contribution in [3.05, 3.63) is 82.9 Å². The van der Waals surface area contributed by atoms with Crippen LogP contribution in [0.25, 0.3) is 0 Å². The van der Waals surface area contributed by atoms with Gasteiger partial charge in [0.05, 0.1) is 17.1 Å². The Morgan fingerprint density at radius 3 is 2.52 bits per heavy atom.